The van der Waals surface area contributed by atoms with Crippen LogP contribution in [0, 0.1) is 0 Å². The second-order valence-corrected chi connectivity index (χ2v) is 3.18. The number of phenols is 2. The van der Waals surface area contributed by atoms with Crippen LogP contribution in [0.4, 0.5) is 0 Å². The zero-order valence-corrected chi connectivity index (χ0v) is 7.23. The minimum Gasteiger partial charge on any atom is -0.504 e. The van der Waals surface area contributed by atoms with Gasteiger partial charge in [0.05, 0.1) is 0 Å². The van der Waals surface area contributed by atoms with E-state index in [1.54, 1.807) is 0 Å². The van der Waals surface area contributed by atoms with Crippen LogP contribution in [0.1, 0.15) is 5.56 Å². The first-order chi connectivity index (χ1) is 6.58. The number of nitrogens with two attached hydrogens (primary N) is 1. The summed E-state index contributed by atoms with van der Waals surface area (Å²) in [5.74, 6) is -0.824. The Hall–Kier alpha value is -1.75. The third kappa shape index (κ3) is 1.27. The molecule has 5 heteroatoms. The molecule has 0 radical (unpaired) electrons. The molecule has 0 spiro atoms. The van der Waals surface area contributed by atoms with Gasteiger partial charge in [-0.2, -0.15) is 0 Å². The predicted molar refractivity (Wildman–Crippen MR) is 47.1 cm³/mol. The summed E-state index contributed by atoms with van der Waals surface area (Å²) in [4.78, 5) is 11.1. The zero-order valence-electron chi connectivity index (χ0n) is 7.23. The Kier molecular flexibility index (Phi) is 1.82. The van der Waals surface area contributed by atoms with Crippen molar-refractivity contribution >= 4 is 5.97 Å². The van der Waals surface area contributed by atoms with Gasteiger partial charge in [0.2, 0.25) is 0 Å². The SMILES string of the molecule is N[C@H]1Cc2cc(O)c(O)cc2OC1=O. The molecule has 0 amide bonds. The minimum absolute atomic E-state index is 0.242. The Morgan fingerprint density at radius 3 is 2.71 bits per heavy atom. The number of hydrogen-bond donors (Lipinski definition) is 3. The average molecular weight is 195 g/mol. The molecule has 2 rings (SSSR count). The maximum atomic E-state index is 11.1. The summed E-state index contributed by atoms with van der Waals surface area (Å²) in [6, 6.07) is 1.84. The van der Waals surface area contributed by atoms with E-state index >= 15 is 0 Å². The Morgan fingerprint density at radius 2 is 2.00 bits per heavy atom. The number of hydrogen-bond acceptors (Lipinski definition) is 5. The van der Waals surface area contributed by atoms with Crippen molar-refractivity contribution in [3.63, 3.8) is 0 Å². The number of ether oxygens (including phenoxy) is 1. The second kappa shape index (κ2) is 2.88. The first kappa shape index (κ1) is 8.83. The lowest BCUT2D eigenvalue weighted by molar-refractivity contribution is -0.136. The lowest BCUT2D eigenvalue weighted by Crippen LogP contribution is -2.39. The summed E-state index contributed by atoms with van der Waals surface area (Å²) in [6.07, 6.45) is 0.308. The van der Waals surface area contributed by atoms with Crippen molar-refractivity contribution in [3.8, 4) is 17.2 Å². The number of carbonyl (C=O) groups is 1. The molecule has 0 bridgehead atoms. The van der Waals surface area contributed by atoms with Crippen LogP contribution in [0.2, 0.25) is 0 Å². The van der Waals surface area contributed by atoms with E-state index in [2.05, 4.69) is 0 Å². The molecular weight excluding hydrogens is 186 g/mol. The van der Waals surface area contributed by atoms with Crippen molar-refractivity contribution in [3.05, 3.63) is 17.7 Å². The third-order valence-corrected chi connectivity index (χ3v) is 2.11. The molecule has 1 heterocycles. The van der Waals surface area contributed by atoms with Crippen LogP contribution in [0.5, 0.6) is 17.2 Å². The van der Waals surface area contributed by atoms with Gasteiger partial charge in [-0.15, -0.1) is 0 Å². The molecular formula is C9H9NO4. The van der Waals surface area contributed by atoms with Crippen LogP contribution >= 0.6 is 0 Å². The highest BCUT2D eigenvalue weighted by molar-refractivity contribution is 5.81. The number of benzene rings is 1. The van der Waals surface area contributed by atoms with Gasteiger partial charge in [0, 0.05) is 18.1 Å². The van der Waals surface area contributed by atoms with Crippen LogP contribution in [-0.4, -0.2) is 22.2 Å². The topological polar surface area (TPSA) is 92.8 Å². The number of rotatable bonds is 0. The Balaban J connectivity index is 2.47. The fraction of sp³-hybridized carbons (Fsp3) is 0.222. The fourth-order valence-electron chi connectivity index (χ4n) is 1.36. The van der Waals surface area contributed by atoms with Gasteiger partial charge in [0.25, 0.3) is 0 Å². The lowest BCUT2D eigenvalue weighted by Gasteiger charge is -2.20. The van der Waals surface area contributed by atoms with E-state index in [4.69, 9.17) is 15.6 Å². The number of aromatic hydroxyl groups is 2. The van der Waals surface area contributed by atoms with Crippen LogP contribution in [0.3, 0.4) is 0 Å². The molecule has 0 saturated carbocycles. The third-order valence-electron chi connectivity index (χ3n) is 2.11. The molecule has 0 aromatic heterocycles. The predicted octanol–water partition coefficient (Wildman–Crippen LogP) is -0.113. The van der Waals surface area contributed by atoms with Gasteiger partial charge in [-0.25, -0.2) is 4.79 Å². The van der Waals surface area contributed by atoms with E-state index in [9.17, 15) is 9.90 Å². The van der Waals surface area contributed by atoms with Crippen LogP contribution < -0.4 is 10.5 Å². The standard InChI is InChI=1S/C9H9NO4/c10-5-1-4-2-6(11)7(12)3-8(4)14-9(5)13/h2-3,5,11-12H,1,10H2/t5-/m0/s1. The zero-order chi connectivity index (χ0) is 10.3. The van der Waals surface area contributed by atoms with E-state index in [1.165, 1.54) is 12.1 Å². The van der Waals surface area contributed by atoms with E-state index in [-0.39, 0.29) is 17.2 Å². The first-order valence-corrected chi connectivity index (χ1v) is 4.10. The highest BCUT2D eigenvalue weighted by atomic mass is 16.5. The van der Waals surface area contributed by atoms with Crippen molar-refractivity contribution in [2.75, 3.05) is 0 Å². The van der Waals surface area contributed by atoms with E-state index in [1.807, 2.05) is 0 Å². The van der Waals surface area contributed by atoms with Gasteiger partial charge in [-0.1, -0.05) is 0 Å². The highest BCUT2D eigenvalue weighted by Crippen LogP contribution is 2.35. The summed E-state index contributed by atoms with van der Waals surface area (Å²) < 4.78 is 4.84. The summed E-state index contributed by atoms with van der Waals surface area (Å²) >= 11 is 0. The Morgan fingerprint density at radius 1 is 1.36 bits per heavy atom. The summed E-state index contributed by atoms with van der Waals surface area (Å²) in [5, 5.41) is 18.4. The summed E-state index contributed by atoms with van der Waals surface area (Å²) in [5.41, 5.74) is 6.08. The number of fused-ring (bicyclic) bond motifs is 1. The molecule has 1 aliphatic heterocycles. The molecule has 0 saturated heterocycles. The Labute approximate surface area is 79.7 Å². The minimum atomic E-state index is -0.702. The largest absolute Gasteiger partial charge is 0.504 e. The van der Waals surface area contributed by atoms with E-state index < -0.39 is 12.0 Å². The van der Waals surface area contributed by atoms with Crippen LogP contribution in [0.15, 0.2) is 12.1 Å². The first-order valence-electron chi connectivity index (χ1n) is 4.10. The second-order valence-electron chi connectivity index (χ2n) is 3.18. The Bertz CT molecular complexity index is 402. The molecule has 5 nitrogen and oxygen atoms in total. The lowest BCUT2D eigenvalue weighted by atomic mass is 10.0. The van der Waals surface area contributed by atoms with Crippen molar-refractivity contribution in [1.82, 2.24) is 0 Å². The molecule has 1 aliphatic rings. The summed E-state index contributed by atoms with van der Waals surface area (Å²) in [7, 11) is 0. The number of esters is 1. The molecule has 0 aliphatic carbocycles. The van der Waals surface area contributed by atoms with Crippen molar-refractivity contribution < 1.29 is 19.7 Å². The van der Waals surface area contributed by atoms with Crippen molar-refractivity contribution in [1.29, 1.82) is 0 Å². The molecule has 1 atom stereocenters. The van der Waals surface area contributed by atoms with Gasteiger partial charge in [0.15, 0.2) is 11.5 Å². The fourth-order valence-corrected chi connectivity index (χ4v) is 1.36. The maximum absolute atomic E-state index is 11.1. The quantitative estimate of drug-likeness (QED) is 0.305. The van der Waals surface area contributed by atoms with Gasteiger partial charge < -0.3 is 20.7 Å². The van der Waals surface area contributed by atoms with E-state index in [0.29, 0.717) is 12.0 Å². The number of carbonyl (C=O) groups excluding carboxylic acids is 1. The van der Waals surface area contributed by atoms with Gasteiger partial charge >= 0.3 is 5.97 Å². The highest BCUT2D eigenvalue weighted by Gasteiger charge is 2.26. The molecule has 14 heavy (non-hydrogen) atoms. The monoisotopic (exact) mass is 195 g/mol. The van der Waals surface area contributed by atoms with Gasteiger partial charge in [0.1, 0.15) is 11.8 Å². The van der Waals surface area contributed by atoms with E-state index in [0.717, 1.165) is 0 Å². The molecule has 0 fully saturated rings. The smallest absolute Gasteiger partial charge is 0.328 e. The molecule has 0 unspecified atom stereocenters. The molecule has 74 valence electrons. The van der Waals surface area contributed by atoms with Crippen molar-refractivity contribution in [2.24, 2.45) is 5.73 Å². The molecule has 4 N–H and O–H groups in total. The number of phenolic OH excluding ortho intramolecular Hbond substituents is 2. The maximum Gasteiger partial charge on any atom is 0.328 e. The van der Waals surface area contributed by atoms with Crippen LogP contribution in [0.25, 0.3) is 0 Å². The van der Waals surface area contributed by atoms with Gasteiger partial charge in [-0.3, -0.25) is 0 Å². The van der Waals surface area contributed by atoms with Crippen LogP contribution in [-0.2, 0) is 11.2 Å². The molecule has 1 aromatic rings. The summed E-state index contributed by atoms with van der Waals surface area (Å²) in [6.45, 7) is 0. The van der Waals surface area contributed by atoms with Crippen molar-refractivity contribution in [2.45, 2.75) is 12.5 Å². The molecule has 1 aromatic carbocycles. The normalized spacial score (nSPS) is 20.1. The average Bonchev–Trinajstić information content (AvgIpc) is 2.11. The van der Waals surface area contributed by atoms with Gasteiger partial charge in [-0.05, 0) is 6.07 Å².